The van der Waals surface area contributed by atoms with Crippen LogP contribution in [0.15, 0.2) is 76.0 Å². The van der Waals surface area contributed by atoms with E-state index in [0.29, 0.717) is 12.0 Å². The van der Waals surface area contributed by atoms with Crippen LogP contribution in [0.25, 0.3) is 0 Å². The van der Waals surface area contributed by atoms with Crippen molar-refractivity contribution in [1.82, 2.24) is 0 Å². The maximum Gasteiger partial charge on any atom is 0.176 e. The van der Waals surface area contributed by atoms with Crippen LogP contribution in [-0.4, -0.2) is 11.9 Å². The van der Waals surface area contributed by atoms with E-state index in [-0.39, 0.29) is 0 Å². The van der Waals surface area contributed by atoms with Crippen LogP contribution in [0.1, 0.15) is 19.3 Å². The number of hydrogen-bond donors (Lipinski definition) is 0. The van der Waals surface area contributed by atoms with Gasteiger partial charge in [-0.3, -0.25) is 5.01 Å². The molecule has 0 aromatic heterocycles. The molecule has 120 valence electrons. The molecule has 0 spiro atoms. The molecule has 24 heavy (non-hydrogen) atoms. The molecule has 4 atom stereocenters. The Hall–Kier alpha value is -2.49. The summed E-state index contributed by atoms with van der Waals surface area (Å²) in [6, 6.07) is 20.9. The lowest BCUT2D eigenvalue weighted by Gasteiger charge is -2.30. The van der Waals surface area contributed by atoms with Crippen LogP contribution >= 0.6 is 0 Å². The number of rotatable bonds is 2. The summed E-state index contributed by atoms with van der Waals surface area (Å²) in [4.78, 5) is 0. The minimum Gasteiger partial charge on any atom is -0.260 e. The molecule has 2 aromatic rings. The van der Waals surface area contributed by atoms with Crippen molar-refractivity contribution in [3.63, 3.8) is 0 Å². The lowest BCUT2D eigenvalue weighted by molar-refractivity contribution is 0.362. The molecule has 2 bridgehead atoms. The lowest BCUT2D eigenvalue weighted by Crippen LogP contribution is -2.37. The molecule has 2 aromatic carbocycles. The van der Waals surface area contributed by atoms with Crippen molar-refractivity contribution in [2.75, 3.05) is 5.01 Å². The van der Waals surface area contributed by atoms with Gasteiger partial charge in [0.05, 0.1) is 17.4 Å². The SMILES string of the molecule is c1ccc(N=NC2=NN(c3ccccc3)[C@H]3[C@@H]4CC[C@H](C4)[C@H]23)cc1. The zero-order valence-electron chi connectivity index (χ0n) is 13.5. The highest BCUT2D eigenvalue weighted by molar-refractivity contribution is 5.90. The highest BCUT2D eigenvalue weighted by Gasteiger charge is 2.55. The first-order valence-electron chi connectivity index (χ1n) is 8.80. The number of benzene rings is 2. The van der Waals surface area contributed by atoms with Crippen molar-refractivity contribution in [2.24, 2.45) is 33.1 Å². The predicted octanol–water partition coefficient (Wildman–Crippen LogP) is 5.02. The van der Waals surface area contributed by atoms with E-state index in [9.17, 15) is 0 Å². The standard InChI is InChI=1S/C20H20N4/c1-3-7-16(8-4-1)21-22-20-18-14-11-12-15(13-14)19(18)24(23-20)17-9-5-2-6-10-17/h1-10,14-15,18-19H,11-13H2/t14-,15-,18+,19+/m1/s1. The first-order chi connectivity index (χ1) is 11.9. The number of nitrogens with zero attached hydrogens (tertiary/aromatic N) is 4. The monoisotopic (exact) mass is 316 g/mol. The van der Waals surface area contributed by atoms with Gasteiger partial charge in [0.25, 0.3) is 0 Å². The Morgan fingerprint density at radius 3 is 2.33 bits per heavy atom. The Kier molecular flexibility index (Phi) is 3.21. The molecule has 5 rings (SSSR count). The van der Waals surface area contributed by atoms with Crippen LogP contribution in [0.5, 0.6) is 0 Å². The van der Waals surface area contributed by atoms with Crippen molar-refractivity contribution in [2.45, 2.75) is 25.3 Å². The normalized spacial score (nSPS) is 30.8. The van der Waals surface area contributed by atoms with Gasteiger partial charge < -0.3 is 0 Å². The average Bonchev–Trinajstić information content (AvgIpc) is 3.34. The number of anilines is 1. The molecule has 1 heterocycles. The molecular weight excluding hydrogens is 296 g/mol. The summed E-state index contributed by atoms with van der Waals surface area (Å²) < 4.78 is 0. The number of fused-ring (bicyclic) bond motifs is 5. The van der Waals surface area contributed by atoms with E-state index in [4.69, 9.17) is 5.10 Å². The smallest absolute Gasteiger partial charge is 0.176 e. The number of hydrazone groups is 1. The van der Waals surface area contributed by atoms with Gasteiger partial charge in [-0.05, 0) is 55.4 Å². The Bertz CT molecular complexity index is 784. The Morgan fingerprint density at radius 1 is 0.833 bits per heavy atom. The number of amidine groups is 1. The summed E-state index contributed by atoms with van der Waals surface area (Å²) in [5.41, 5.74) is 2.06. The Balaban J connectivity index is 1.50. The van der Waals surface area contributed by atoms with Crippen LogP contribution in [0.2, 0.25) is 0 Å². The topological polar surface area (TPSA) is 40.3 Å². The van der Waals surface area contributed by atoms with Crippen LogP contribution < -0.4 is 5.01 Å². The molecule has 0 amide bonds. The van der Waals surface area contributed by atoms with Crippen molar-refractivity contribution in [3.8, 4) is 0 Å². The van der Waals surface area contributed by atoms with E-state index < -0.39 is 0 Å². The lowest BCUT2D eigenvalue weighted by atomic mass is 9.84. The summed E-state index contributed by atoms with van der Waals surface area (Å²) in [7, 11) is 0. The highest BCUT2D eigenvalue weighted by Crippen LogP contribution is 2.54. The molecule has 4 nitrogen and oxygen atoms in total. The van der Waals surface area contributed by atoms with Gasteiger partial charge in [0.2, 0.25) is 0 Å². The van der Waals surface area contributed by atoms with Crippen molar-refractivity contribution >= 4 is 17.2 Å². The van der Waals surface area contributed by atoms with Gasteiger partial charge in [-0.15, -0.1) is 10.2 Å². The molecule has 0 unspecified atom stereocenters. The minimum absolute atomic E-state index is 0.441. The van der Waals surface area contributed by atoms with Crippen molar-refractivity contribution in [3.05, 3.63) is 60.7 Å². The summed E-state index contributed by atoms with van der Waals surface area (Å²) in [6.07, 6.45) is 3.96. The third-order valence-electron chi connectivity index (χ3n) is 5.71. The molecular formula is C20H20N4. The van der Waals surface area contributed by atoms with Gasteiger partial charge in [0, 0.05) is 5.92 Å². The van der Waals surface area contributed by atoms with Crippen LogP contribution in [0, 0.1) is 17.8 Å². The van der Waals surface area contributed by atoms with Gasteiger partial charge in [0.15, 0.2) is 5.84 Å². The first kappa shape index (κ1) is 13.9. The number of hydrogen-bond acceptors (Lipinski definition) is 4. The zero-order chi connectivity index (χ0) is 15.9. The van der Waals surface area contributed by atoms with Gasteiger partial charge in [-0.2, -0.15) is 5.10 Å². The second-order valence-corrected chi connectivity index (χ2v) is 7.02. The quantitative estimate of drug-likeness (QED) is 0.717. The maximum atomic E-state index is 4.89. The highest BCUT2D eigenvalue weighted by atomic mass is 15.5. The van der Waals surface area contributed by atoms with Crippen molar-refractivity contribution < 1.29 is 0 Å². The summed E-state index contributed by atoms with van der Waals surface area (Å²) >= 11 is 0. The molecule has 0 radical (unpaired) electrons. The maximum absolute atomic E-state index is 4.89. The van der Waals surface area contributed by atoms with Gasteiger partial charge in [-0.1, -0.05) is 36.4 Å². The average molecular weight is 316 g/mol. The predicted molar refractivity (Wildman–Crippen MR) is 95.4 cm³/mol. The van der Waals surface area contributed by atoms with Crippen LogP contribution in [-0.2, 0) is 0 Å². The van der Waals surface area contributed by atoms with E-state index in [0.717, 1.165) is 23.4 Å². The van der Waals surface area contributed by atoms with Gasteiger partial charge >= 0.3 is 0 Å². The Labute approximate surface area is 141 Å². The van der Waals surface area contributed by atoms with E-state index in [2.05, 4.69) is 45.6 Å². The fourth-order valence-corrected chi connectivity index (χ4v) is 4.72. The van der Waals surface area contributed by atoms with Crippen LogP contribution in [0.3, 0.4) is 0 Å². The second kappa shape index (κ2) is 5.55. The van der Waals surface area contributed by atoms with Crippen LogP contribution in [0.4, 0.5) is 11.4 Å². The van der Waals surface area contributed by atoms with E-state index in [1.807, 2.05) is 30.3 Å². The zero-order valence-corrected chi connectivity index (χ0v) is 13.5. The van der Waals surface area contributed by atoms with E-state index >= 15 is 0 Å². The van der Waals surface area contributed by atoms with Crippen molar-refractivity contribution in [1.29, 1.82) is 0 Å². The third-order valence-corrected chi connectivity index (χ3v) is 5.71. The minimum atomic E-state index is 0.441. The number of para-hydroxylation sites is 1. The van der Waals surface area contributed by atoms with Gasteiger partial charge in [0.1, 0.15) is 0 Å². The summed E-state index contributed by atoms with van der Waals surface area (Å²) in [6.45, 7) is 0. The fourth-order valence-electron chi connectivity index (χ4n) is 4.72. The molecule has 0 N–H and O–H groups in total. The molecule has 2 aliphatic carbocycles. The molecule has 3 aliphatic rings. The van der Waals surface area contributed by atoms with E-state index in [1.54, 1.807) is 0 Å². The molecule has 1 aliphatic heterocycles. The third kappa shape index (κ3) is 2.17. The molecule has 0 saturated heterocycles. The second-order valence-electron chi connectivity index (χ2n) is 7.02. The Morgan fingerprint density at radius 2 is 1.54 bits per heavy atom. The van der Waals surface area contributed by atoms with Gasteiger partial charge in [-0.25, -0.2) is 0 Å². The molecule has 2 saturated carbocycles. The van der Waals surface area contributed by atoms with E-state index in [1.165, 1.54) is 24.9 Å². The first-order valence-corrected chi connectivity index (χ1v) is 8.80. The molecule has 2 fully saturated rings. The summed E-state index contributed by atoms with van der Waals surface area (Å²) in [5, 5.41) is 16.1. The largest absolute Gasteiger partial charge is 0.260 e. The fraction of sp³-hybridized carbons (Fsp3) is 0.350. The summed E-state index contributed by atoms with van der Waals surface area (Å²) in [5.74, 6) is 2.83. The molecule has 4 heteroatoms. The number of azo groups is 1.